The van der Waals surface area contributed by atoms with Crippen molar-refractivity contribution in [1.29, 1.82) is 0 Å². The molecule has 7 aliphatic rings. The van der Waals surface area contributed by atoms with Crippen LogP contribution in [0.5, 0.6) is 0 Å². The number of hydrogen-bond donors (Lipinski definition) is 1. The van der Waals surface area contributed by atoms with E-state index in [2.05, 4.69) is 296 Å². The Labute approximate surface area is 737 Å². The van der Waals surface area contributed by atoms with Gasteiger partial charge >= 0.3 is 0 Å². The zero-order chi connectivity index (χ0) is 92.5. The number of fused-ring (bicyclic) bond motifs is 1. The van der Waals surface area contributed by atoms with E-state index in [9.17, 15) is 14.7 Å². The Balaban J connectivity index is 0.000000470. The maximum Gasteiger partial charge on any atom is 0.245 e. The van der Waals surface area contributed by atoms with Gasteiger partial charge in [-0.05, 0) is 286 Å². The summed E-state index contributed by atoms with van der Waals surface area (Å²) in [5.74, 6) is 1.21. The van der Waals surface area contributed by atoms with Crippen LogP contribution in [0.4, 0.5) is 0 Å². The van der Waals surface area contributed by atoms with Crippen LogP contribution in [0.15, 0.2) is 54.6 Å². The first kappa shape index (κ1) is 113. The van der Waals surface area contributed by atoms with Crippen LogP contribution in [-0.2, 0) is 59.4 Å². The van der Waals surface area contributed by atoms with Gasteiger partial charge in [-0.1, -0.05) is 148 Å². The second kappa shape index (κ2) is 47.6. The highest BCUT2D eigenvalue weighted by Crippen LogP contribution is 2.57. The average molecular weight is 1690 g/mol. The SMILES string of the molecule is CCC1(CC)c2ccccc2C(CC)(CC)N1OC.CON(C(C)(C)C)C(C)(C)C.CON(C(C)C)C(C)(C)C.CON(C(c1ccccc1)C(C)C)C(C)(C)C.CON1C(C)(C)CCC(=O)CC1(C)C.CON1C(C)(C)CCC(=O)CCC1(C)C.CON1C2(CCCCCC2)CC(O)CC12CCCCCC2.[C-]#[N+]C1CC(C)(C)N(OC)C1(C)C. The van der Waals surface area contributed by atoms with Crippen molar-refractivity contribution in [3.63, 3.8) is 0 Å². The molecule has 20 nitrogen and oxygen atoms in total. The van der Waals surface area contributed by atoms with E-state index in [1.165, 1.54) is 93.7 Å². The maximum atomic E-state index is 11.6. The predicted molar refractivity (Wildman–Crippen MR) is 498 cm³/mol. The molecule has 0 amide bonds. The molecule has 120 heavy (non-hydrogen) atoms. The van der Waals surface area contributed by atoms with E-state index in [4.69, 9.17) is 45.3 Å². The van der Waals surface area contributed by atoms with Crippen molar-refractivity contribution in [2.45, 2.75) is 490 Å². The minimum atomic E-state index is -0.203. The molecule has 2 unspecified atom stereocenters. The molecule has 2 saturated carbocycles. The minimum Gasteiger partial charge on any atom is -0.393 e. The number of hydrogen-bond acceptors (Lipinski definition) is 19. The van der Waals surface area contributed by atoms with Crippen molar-refractivity contribution in [1.82, 2.24) is 40.5 Å². The molecule has 4 saturated heterocycles. The molecular weight excluding hydrogens is 1500 g/mol. The molecule has 5 heterocycles. The van der Waals surface area contributed by atoms with Gasteiger partial charge in [0.15, 0.2) is 0 Å². The van der Waals surface area contributed by atoms with Crippen molar-refractivity contribution >= 4 is 11.6 Å². The van der Waals surface area contributed by atoms with Gasteiger partial charge in [0.05, 0.1) is 80.1 Å². The molecule has 0 bridgehead atoms. The normalized spacial score (nSPS) is 23.6. The van der Waals surface area contributed by atoms with E-state index in [-0.39, 0.29) is 95.7 Å². The highest BCUT2D eigenvalue weighted by Gasteiger charge is 2.59. The lowest BCUT2D eigenvalue weighted by Gasteiger charge is -2.58. The van der Waals surface area contributed by atoms with Gasteiger partial charge in [0.1, 0.15) is 17.1 Å². The molecule has 2 spiro atoms. The highest BCUT2D eigenvalue weighted by molar-refractivity contribution is 5.80. The summed E-state index contributed by atoms with van der Waals surface area (Å²) in [5.41, 5.74) is 4.07. The summed E-state index contributed by atoms with van der Waals surface area (Å²) in [6, 6.07) is 20.2. The van der Waals surface area contributed by atoms with E-state index in [0.717, 1.165) is 64.2 Å². The Morgan fingerprint density at radius 3 is 1.02 bits per heavy atom. The Bertz CT molecular complexity index is 3170. The fraction of sp³-hybridized carbons (Fsp3) is 0.850. The number of aliphatic hydroxyl groups excluding tert-OH is 1. The van der Waals surface area contributed by atoms with Crippen LogP contribution in [0, 0.1) is 12.5 Å². The molecule has 5 aliphatic heterocycles. The fourth-order valence-electron chi connectivity index (χ4n) is 22.2. The molecule has 2 aromatic rings. The third-order valence-electron chi connectivity index (χ3n) is 26.3. The third-order valence-corrected chi connectivity index (χ3v) is 26.3. The van der Waals surface area contributed by atoms with E-state index < -0.39 is 0 Å². The van der Waals surface area contributed by atoms with Crippen LogP contribution >= 0.6 is 0 Å². The zero-order valence-electron chi connectivity index (χ0n) is 85.0. The second-order valence-corrected chi connectivity index (χ2v) is 43.4. The Morgan fingerprint density at radius 1 is 0.425 bits per heavy atom. The lowest BCUT2D eigenvalue weighted by Crippen LogP contribution is -2.65. The summed E-state index contributed by atoms with van der Waals surface area (Å²) < 4.78 is 0. The lowest BCUT2D eigenvalue weighted by molar-refractivity contribution is -0.301. The summed E-state index contributed by atoms with van der Waals surface area (Å²) in [4.78, 5) is 71.2. The first-order chi connectivity index (χ1) is 55.3. The Kier molecular flexibility index (Phi) is 44.7. The highest BCUT2D eigenvalue weighted by atomic mass is 16.7. The molecular formula is C100H187N9O11. The molecule has 698 valence electrons. The number of aliphatic hydroxyl groups is 1. The molecule has 2 atom stereocenters. The number of benzene rings is 2. The maximum absolute atomic E-state index is 11.6. The van der Waals surface area contributed by atoms with Crippen molar-refractivity contribution in [2.24, 2.45) is 5.92 Å². The molecule has 0 aromatic heterocycles. The predicted octanol–water partition coefficient (Wildman–Crippen LogP) is 24.1. The van der Waals surface area contributed by atoms with Gasteiger partial charge in [-0.2, -0.15) is 40.5 Å². The Hall–Kier alpha value is -3.41. The van der Waals surface area contributed by atoms with Crippen molar-refractivity contribution < 1.29 is 53.4 Å². The van der Waals surface area contributed by atoms with Gasteiger partial charge in [0.2, 0.25) is 6.04 Å². The van der Waals surface area contributed by atoms with Gasteiger partial charge in [-0.25, -0.2) is 6.57 Å². The van der Waals surface area contributed by atoms with Crippen molar-refractivity contribution in [3.05, 3.63) is 82.7 Å². The number of hydroxylamine groups is 16. The second-order valence-electron chi connectivity index (χ2n) is 43.4. The molecule has 20 heteroatoms. The average Bonchev–Trinajstić information content (AvgIpc) is 1.55. The molecule has 9 rings (SSSR count). The van der Waals surface area contributed by atoms with Gasteiger partial charge in [0.25, 0.3) is 0 Å². The minimum absolute atomic E-state index is 0.0144. The summed E-state index contributed by atoms with van der Waals surface area (Å²) in [7, 11) is 14.0. The summed E-state index contributed by atoms with van der Waals surface area (Å²) >= 11 is 0. The lowest BCUT2D eigenvalue weighted by atomic mass is 9.70. The number of Topliss-reactive ketones (excluding diaryl/α,β-unsaturated/α-hetero) is 2. The van der Waals surface area contributed by atoms with Crippen LogP contribution in [0.3, 0.4) is 0 Å². The quantitative estimate of drug-likeness (QED) is 0.125. The monoisotopic (exact) mass is 1690 g/mol. The number of nitrogens with zero attached hydrogens (tertiary/aromatic N) is 9. The van der Waals surface area contributed by atoms with Crippen LogP contribution < -0.4 is 0 Å². The topological polar surface area (TPSA) is 158 Å². The first-order valence-electron chi connectivity index (χ1n) is 46.3. The number of rotatable bonds is 16. The van der Waals surface area contributed by atoms with Crippen molar-refractivity contribution in [2.75, 3.05) is 56.9 Å². The summed E-state index contributed by atoms with van der Waals surface area (Å²) in [5, 5.41) is 27.4. The molecule has 1 N–H and O–H groups in total. The van der Waals surface area contributed by atoms with Crippen LogP contribution in [0.25, 0.3) is 4.85 Å². The molecule has 6 fully saturated rings. The van der Waals surface area contributed by atoms with Crippen LogP contribution in [-0.4, -0.2) is 199 Å². The third kappa shape index (κ3) is 29.6. The van der Waals surface area contributed by atoms with Gasteiger partial charge in [-0.15, -0.1) is 0 Å². The van der Waals surface area contributed by atoms with Gasteiger partial charge in [-0.3, -0.25) is 9.59 Å². The standard InChI is InChI=1S/C18H33NO2.C17H27NO.C15H25NO.C12H23NO2.C11H21NO2.C10H18N2O.C9H21NO.C8H19NO/c1-21-19-17(10-6-2-3-7-11-17)14-16(20)15-18(19)12-8-4-5-9-13-18;1-6-16(7-2)14-12-10-11-13-15(14)17(8-3,9-4)18(16)19-5;1-12(2)14(13-10-8-7-9-11-13)16(17-6)15(3,4)5;1-11(2)8-6-10(14)7-9-12(3,4)13(11)15-5;1-10(2)7-6-9(13)8-11(3,4)12(10)14-5;1-9(2)7-8(11-5)10(3,4)12(9)13-6;1-8(2,3)10(11-7)9(4,5)6;1-7(2)9(10-6)8(3,4)5/h16,20H,2-15H2,1H3;10-13H,6-9H2,1-5H3;7-12,14H,1-6H3;6-9H2,1-5H3;6-8H2,1-5H3;8H,7H2,1-4,6H3;1-7H3;7H,1-6H3. The molecule has 0 radical (unpaired) electrons. The van der Waals surface area contributed by atoms with E-state index in [1.807, 2.05) is 39.5 Å². The summed E-state index contributed by atoms with van der Waals surface area (Å²) in [6.45, 7) is 76.0. The summed E-state index contributed by atoms with van der Waals surface area (Å²) in [6.07, 6.45) is 27.5. The number of carbonyl (C=O) groups excluding carboxylic acids is 2. The van der Waals surface area contributed by atoms with Crippen LogP contribution in [0.2, 0.25) is 0 Å². The fourth-order valence-corrected chi connectivity index (χ4v) is 22.2. The van der Waals surface area contributed by atoms with E-state index >= 15 is 0 Å². The smallest absolute Gasteiger partial charge is 0.245 e. The number of ketones is 2. The number of carbonyl (C=O) groups is 2. The zero-order valence-corrected chi connectivity index (χ0v) is 85.0. The first-order valence-corrected chi connectivity index (χ1v) is 46.3. The van der Waals surface area contributed by atoms with Gasteiger partial charge in [0, 0.05) is 99.1 Å². The van der Waals surface area contributed by atoms with Gasteiger partial charge < -0.3 is 48.7 Å². The molecule has 2 aromatic carbocycles. The number of piperidine rings is 1. The van der Waals surface area contributed by atoms with E-state index in [1.54, 1.807) is 42.7 Å². The Morgan fingerprint density at radius 2 is 0.767 bits per heavy atom. The van der Waals surface area contributed by atoms with Crippen molar-refractivity contribution in [3.8, 4) is 0 Å². The van der Waals surface area contributed by atoms with E-state index in [0.29, 0.717) is 49.2 Å². The van der Waals surface area contributed by atoms with Crippen LogP contribution in [0.1, 0.15) is 411 Å². The molecule has 2 aliphatic carbocycles. The largest absolute Gasteiger partial charge is 0.393 e.